The number of ether oxygens (including phenoxy) is 1. The van der Waals surface area contributed by atoms with Gasteiger partial charge >= 0.3 is 0 Å². The molecule has 148 valence electrons. The number of rotatable bonds is 8. The van der Waals surface area contributed by atoms with Gasteiger partial charge in [-0.1, -0.05) is 0 Å². The van der Waals surface area contributed by atoms with Gasteiger partial charge in [0.05, 0.1) is 0 Å². The number of benzene rings is 1. The van der Waals surface area contributed by atoms with E-state index >= 15 is 0 Å². The quantitative estimate of drug-likeness (QED) is 0.383. The maximum absolute atomic E-state index is 12.6. The van der Waals surface area contributed by atoms with Crippen molar-refractivity contribution in [3.05, 3.63) is 34.4 Å². The zero-order valence-electron chi connectivity index (χ0n) is 16.3. The maximum atomic E-state index is 12.6. The first-order valence-corrected chi connectivity index (χ1v) is 9.37. The normalized spacial score (nSPS) is 13.0. The number of carbonyl (C=O) groups excluding carboxylic acids is 2. The standard InChI is InChI=1S/C18H27N5O3S/c1-10(19)14(27-5)9-26-11-6-7-13(20)12(8-11)15(22-4)16(24)23-18(2,3)17(21)25/h6-8H,9,19-20H2,1-5H3,(H2,21,25)(H,23,24)/b14-10-,22-15?. The summed E-state index contributed by atoms with van der Waals surface area (Å²) in [6, 6.07) is 4.94. The van der Waals surface area contributed by atoms with Crippen LogP contribution in [0, 0.1) is 0 Å². The molecular formula is C18H27N5O3S. The molecule has 0 atom stereocenters. The molecule has 2 amide bonds. The Balaban J connectivity index is 3.11. The van der Waals surface area contributed by atoms with Gasteiger partial charge < -0.3 is 27.3 Å². The number of hydrogen-bond donors (Lipinski definition) is 4. The molecule has 27 heavy (non-hydrogen) atoms. The highest BCUT2D eigenvalue weighted by molar-refractivity contribution is 8.02. The molecule has 0 unspecified atom stereocenters. The van der Waals surface area contributed by atoms with Gasteiger partial charge in [0.2, 0.25) is 5.91 Å². The number of aliphatic imine (C=N–C) groups is 1. The van der Waals surface area contributed by atoms with Crippen molar-refractivity contribution in [2.24, 2.45) is 16.5 Å². The highest BCUT2D eigenvalue weighted by atomic mass is 32.2. The van der Waals surface area contributed by atoms with E-state index in [1.807, 2.05) is 6.26 Å². The fourth-order valence-corrected chi connectivity index (χ4v) is 2.56. The van der Waals surface area contributed by atoms with Gasteiger partial charge in [0, 0.05) is 28.9 Å². The van der Waals surface area contributed by atoms with E-state index in [9.17, 15) is 9.59 Å². The Bertz CT molecular complexity index is 783. The average Bonchev–Trinajstić information content (AvgIpc) is 2.57. The van der Waals surface area contributed by atoms with Crippen LogP contribution < -0.4 is 27.3 Å². The first-order valence-electron chi connectivity index (χ1n) is 8.14. The zero-order valence-corrected chi connectivity index (χ0v) is 17.1. The Labute approximate surface area is 163 Å². The lowest BCUT2D eigenvalue weighted by molar-refractivity contribution is -0.127. The van der Waals surface area contributed by atoms with E-state index in [4.69, 9.17) is 21.9 Å². The number of carbonyl (C=O) groups is 2. The predicted molar refractivity (Wildman–Crippen MR) is 111 cm³/mol. The van der Waals surface area contributed by atoms with Crippen molar-refractivity contribution in [2.45, 2.75) is 26.3 Å². The first kappa shape index (κ1) is 22.4. The number of hydrogen-bond acceptors (Lipinski definition) is 7. The molecule has 0 aliphatic heterocycles. The second-order valence-corrected chi connectivity index (χ2v) is 7.26. The van der Waals surface area contributed by atoms with Crippen LogP contribution in [-0.4, -0.2) is 43.0 Å². The van der Waals surface area contributed by atoms with Crippen LogP contribution in [0.1, 0.15) is 26.3 Å². The number of nitrogens with zero attached hydrogens (tertiary/aromatic N) is 1. The monoisotopic (exact) mass is 393 g/mol. The first-order chi connectivity index (χ1) is 12.5. The van der Waals surface area contributed by atoms with E-state index in [-0.39, 0.29) is 5.71 Å². The molecule has 8 nitrogen and oxygen atoms in total. The van der Waals surface area contributed by atoms with Crippen molar-refractivity contribution in [3.63, 3.8) is 0 Å². The lowest BCUT2D eigenvalue weighted by atomic mass is 10.0. The summed E-state index contributed by atoms with van der Waals surface area (Å²) in [5.41, 5.74) is 17.4. The SMILES string of the molecule is CN=C(C(=O)NC(C)(C)C(N)=O)c1cc(OC/C(SC)=C(\C)N)ccc1N. The minimum Gasteiger partial charge on any atom is -0.488 e. The van der Waals surface area contributed by atoms with Gasteiger partial charge in [-0.15, -0.1) is 11.8 Å². The molecule has 0 spiro atoms. The van der Waals surface area contributed by atoms with Crippen LogP contribution >= 0.6 is 11.8 Å². The summed E-state index contributed by atoms with van der Waals surface area (Å²) in [6.45, 7) is 5.12. The number of nitrogen functional groups attached to an aromatic ring is 1. The lowest BCUT2D eigenvalue weighted by Gasteiger charge is -2.23. The highest BCUT2D eigenvalue weighted by Gasteiger charge is 2.29. The third-order valence-corrected chi connectivity index (χ3v) is 4.75. The van der Waals surface area contributed by atoms with E-state index in [1.165, 1.54) is 32.7 Å². The van der Waals surface area contributed by atoms with E-state index in [0.29, 0.717) is 29.3 Å². The number of amides is 2. The van der Waals surface area contributed by atoms with Gasteiger partial charge in [-0.3, -0.25) is 14.6 Å². The largest absolute Gasteiger partial charge is 0.488 e. The summed E-state index contributed by atoms with van der Waals surface area (Å²) in [4.78, 5) is 29.0. The number of thioether (sulfide) groups is 1. The molecular weight excluding hydrogens is 366 g/mol. The minimum atomic E-state index is -1.23. The Hall–Kier alpha value is -2.68. The van der Waals surface area contributed by atoms with Gasteiger partial charge in [-0.25, -0.2) is 0 Å². The Morgan fingerprint density at radius 3 is 2.41 bits per heavy atom. The fourth-order valence-electron chi connectivity index (χ4n) is 2.06. The van der Waals surface area contributed by atoms with Gasteiger partial charge in [-0.2, -0.15) is 0 Å². The Kier molecular flexibility index (Phi) is 7.71. The summed E-state index contributed by atoms with van der Waals surface area (Å²) in [6.07, 6.45) is 1.91. The molecule has 1 rings (SSSR count). The van der Waals surface area contributed by atoms with Crippen LogP contribution in [0.2, 0.25) is 0 Å². The summed E-state index contributed by atoms with van der Waals surface area (Å²) in [5, 5.41) is 2.56. The van der Waals surface area contributed by atoms with Crippen molar-refractivity contribution >= 4 is 35.0 Å². The van der Waals surface area contributed by atoms with Crippen molar-refractivity contribution < 1.29 is 14.3 Å². The molecule has 0 aromatic heterocycles. The maximum Gasteiger partial charge on any atom is 0.270 e. The molecule has 0 saturated carbocycles. The Morgan fingerprint density at radius 2 is 1.93 bits per heavy atom. The van der Waals surface area contributed by atoms with Crippen molar-refractivity contribution in [1.82, 2.24) is 5.32 Å². The smallest absolute Gasteiger partial charge is 0.270 e. The van der Waals surface area contributed by atoms with Gasteiger partial charge in [-0.05, 0) is 45.2 Å². The summed E-state index contributed by atoms with van der Waals surface area (Å²) in [7, 11) is 1.46. The van der Waals surface area contributed by atoms with Crippen molar-refractivity contribution in [3.8, 4) is 5.75 Å². The number of anilines is 1. The predicted octanol–water partition coefficient (Wildman–Crippen LogP) is 1.000. The Morgan fingerprint density at radius 1 is 1.30 bits per heavy atom. The molecule has 1 aromatic rings. The van der Waals surface area contributed by atoms with Crippen molar-refractivity contribution in [2.75, 3.05) is 25.6 Å². The third-order valence-electron chi connectivity index (χ3n) is 3.82. The number of allylic oxidation sites excluding steroid dienone is 1. The van der Waals surface area contributed by atoms with Crippen molar-refractivity contribution in [1.29, 1.82) is 0 Å². The number of nitrogens with two attached hydrogens (primary N) is 3. The van der Waals surface area contributed by atoms with Crippen LogP contribution in [0.4, 0.5) is 5.69 Å². The second-order valence-electron chi connectivity index (χ2n) is 6.36. The van der Waals surface area contributed by atoms with Crippen LogP contribution in [-0.2, 0) is 9.59 Å². The van der Waals surface area contributed by atoms with Crippen LogP contribution in [0.25, 0.3) is 0 Å². The molecule has 0 aliphatic rings. The summed E-state index contributed by atoms with van der Waals surface area (Å²) in [5.74, 6) is -0.715. The molecule has 9 heteroatoms. The molecule has 0 aliphatic carbocycles. The van der Waals surface area contributed by atoms with E-state index in [0.717, 1.165) is 4.91 Å². The molecule has 0 heterocycles. The van der Waals surface area contributed by atoms with Gasteiger partial charge in [0.1, 0.15) is 23.6 Å². The van der Waals surface area contributed by atoms with Crippen LogP contribution in [0.5, 0.6) is 5.75 Å². The third kappa shape index (κ3) is 5.92. The van der Waals surface area contributed by atoms with E-state index < -0.39 is 17.4 Å². The van der Waals surface area contributed by atoms with E-state index in [1.54, 1.807) is 25.1 Å². The number of primary amides is 1. The molecule has 0 fully saturated rings. The highest BCUT2D eigenvalue weighted by Crippen LogP contribution is 2.23. The second kappa shape index (κ2) is 9.31. The topological polar surface area (TPSA) is 146 Å². The number of nitrogens with one attached hydrogen (secondary N) is 1. The fraction of sp³-hybridized carbons (Fsp3) is 0.389. The molecule has 0 bridgehead atoms. The van der Waals surface area contributed by atoms with Gasteiger partial charge in [0.15, 0.2) is 0 Å². The molecule has 1 aromatic carbocycles. The molecule has 0 saturated heterocycles. The summed E-state index contributed by atoms with van der Waals surface area (Å²) >= 11 is 1.50. The molecule has 7 N–H and O–H groups in total. The average molecular weight is 394 g/mol. The zero-order chi connectivity index (χ0) is 20.8. The van der Waals surface area contributed by atoms with Crippen LogP contribution in [0.15, 0.2) is 33.8 Å². The van der Waals surface area contributed by atoms with E-state index in [2.05, 4.69) is 10.3 Å². The summed E-state index contributed by atoms with van der Waals surface area (Å²) < 4.78 is 5.75. The lowest BCUT2D eigenvalue weighted by Crippen LogP contribution is -2.54. The van der Waals surface area contributed by atoms with Gasteiger partial charge in [0.25, 0.3) is 5.91 Å². The van der Waals surface area contributed by atoms with Crippen LogP contribution in [0.3, 0.4) is 0 Å². The minimum absolute atomic E-state index is 0.0721. The molecule has 0 radical (unpaired) electrons.